The van der Waals surface area contributed by atoms with E-state index >= 15 is 0 Å². The van der Waals surface area contributed by atoms with Crippen molar-refractivity contribution in [2.75, 3.05) is 12.4 Å². The maximum atomic E-state index is 11.7. The molecule has 0 bridgehead atoms. The lowest BCUT2D eigenvalue weighted by Crippen LogP contribution is -2.46. The Bertz CT molecular complexity index is 247. The third kappa shape index (κ3) is 2.28. The number of rotatable bonds is 2. The molecule has 1 amide bonds. The minimum absolute atomic E-state index is 0.0551. The first-order valence-electron chi connectivity index (χ1n) is 5.76. The molecule has 0 aromatic heterocycles. The van der Waals surface area contributed by atoms with Crippen LogP contribution in [0.5, 0.6) is 0 Å². The van der Waals surface area contributed by atoms with Gasteiger partial charge in [-0.15, -0.1) is 11.6 Å². The summed E-state index contributed by atoms with van der Waals surface area (Å²) in [6.07, 6.45) is 4.22. The number of likely N-dealkylation sites (tertiary alicyclic amines) is 1. The van der Waals surface area contributed by atoms with Crippen molar-refractivity contribution in [3.8, 4) is 0 Å². The second kappa shape index (κ2) is 4.71. The summed E-state index contributed by atoms with van der Waals surface area (Å²) in [5.74, 6) is 1.00. The van der Waals surface area contributed by atoms with E-state index in [1.165, 1.54) is 0 Å². The highest BCUT2D eigenvalue weighted by Crippen LogP contribution is 2.29. The number of aliphatic hydroxyl groups is 1. The average Bonchev–Trinajstić information content (AvgIpc) is 2.60. The Balaban J connectivity index is 2.00. The Morgan fingerprint density at radius 3 is 2.73 bits per heavy atom. The number of carbonyl (C=O) groups excluding carboxylic acids is 1. The molecular weight excluding hydrogens is 214 g/mol. The fraction of sp³-hybridized carbons (Fsp3) is 0.909. The predicted octanol–water partition coefficient (Wildman–Crippen LogP) is 1.38. The van der Waals surface area contributed by atoms with E-state index in [0.29, 0.717) is 12.3 Å². The van der Waals surface area contributed by atoms with Crippen molar-refractivity contribution < 1.29 is 9.90 Å². The van der Waals surface area contributed by atoms with Crippen LogP contribution in [0.4, 0.5) is 0 Å². The second-order valence-corrected chi connectivity index (χ2v) is 5.00. The van der Waals surface area contributed by atoms with Crippen LogP contribution in [-0.2, 0) is 4.79 Å². The van der Waals surface area contributed by atoms with Gasteiger partial charge in [0.25, 0.3) is 0 Å². The van der Waals surface area contributed by atoms with E-state index in [1.807, 2.05) is 4.90 Å². The molecule has 1 aliphatic heterocycles. The Hall–Kier alpha value is -0.280. The zero-order valence-electron chi connectivity index (χ0n) is 8.86. The zero-order valence-corrected chi connectivity index (χ0v) is 9.62. The number of hydrogen-bond acceptors (Lipinski definition) is 2. The van der Waals surface area contributed by atoms with Crippen LogP contribution in [0.2, 0.25) is 0 Å². The van der Waals surface area contributed by atoms with Gasteiger partial charge in [0.2, 0.25) is 5.91 Å². The maximum Gasteiger partial charge on any atom is 0.223 e. The molecule has 0 radical (unpaired) electrons. The van der Waals surface area contributed by atoms with Gasteiger partial charge in [-0.3, -0.25) is 4.79 Å². The van der Waals surface area contributed by atoms with Crippen LogP contribution in [0, 0.1) is 5.92 Å². The fourth-order valence-corrected chi connectivity index (χ4v) is 2.89. The van der Waals surface area contributed by atoms with Crippen LogP contribution >= 0.6 is 11.6 Å². The lowest BCUT2D eigenvalue weighted by atomic mass is 9.91. The number of hydrogen-bond donors (Lipinski definition) is 1. The van der Waals surface area contributed by atoms with Crippen LogP contribution < -0.4 is 0 Å². The van der Waals surface area contributed by atoms with Crippen molar-refractivity contribution in [3.05, 3.63) is 0 Å². The number of carbonyl (C=O) groups is 1. The lowest BCUT2D eigenvalue weighted by molar-refractivity contribution is -0.133. The number of nitrogens with zero attached hydrogens (tertiary/aromatic N) is 1. The molecule has 1 saturated heterocycles. The van der Waals surface area contributed by atoms with E-state index in [9.17, 15) is 9.90 Å². The monoisotopic (exact) mass is 231 g/mol. The van der Waals surface area contributed by atoms with Crippen LogP contribution in [-0.4, -0.2) is 40.5 Å². The molecule has 86 valence electrons. The molecule has 0 aromatic carbocycles. The highest BCUT2D eigenvalue weighted by Gasteiger charge is 2.37. The van der Waals surface area contributed by atoms with Gasteiger partial charge < -0.3 is 10.0 Å². The molecule has 2 fully saturated rings. The summed E-state index contributed by atoms with van der Waals surface area (Å²) in [7, 11) is 0. The van der Waals surface area contributed by atoms with Crippen molar-refractivity contribution >= 4 is 17.5 Å². The summed E-state index contributed by atoms with van der Waals surface area (Å²) < 4.78 is 0. The number of aliphatic hydroxyl groups excluding tert-OH is 1. The van der Waals surface area contributed by atoms with Crippen molar-refractivity contribution in [3.63, 3.8) is 0 Å². The smallest absolute Gasteiger partial charge is 0.223 e. The normalized spacial score (nSPS) is 37.3. The first-order valence-corrected chi connectivity index (χ1v) is 6.29. The topological polar surface area (TPSA) is 40.5 Å². The summed E-state index contributed by atoms with van der Waals surface area (Å²) in [4.78, 5) is 13.6. The van der Waals surface area contributed by atoms with Crippen LogP contribution in [0.25, 0.3) is 0 Å². The quantitative estimate of drug-likeness (QED) is 0.730. The Kier molecular flexibility index (Phi) is 3.52. The first kappa shape index (κ1) is 11.2. The van der Waals surface area contributed by atoms with Gasteiger partial charge in [-0.1, -0.05) is 12.8 Å². The van der Waals surface area contributed by atoms with Gasteiger partial charge in [0.05, 0.1) is 12.1 Å². The first-order chi connectivity index (χ1) is 7.22. The largest absolute Gasteiger partial charge is 0.391 e. The third-order valence-electron chi connectivity index (χ3n) is 3.55. The van der Waals surface area contributed by atoms with Crippen LogP contribution in [0.3, 0.4) is 0 Å². The summed E-state index contributed by atoms with van der Waals surface area (Å²) in [6.45, 7) is 0.740. The van der Waals surface area contributed by atoms with E-state index in [4.69, 9.17) is 11.6 Å². The molecule has 2 aliphatic rings. The molecule has 0 spiro atoms. The van der Waals surface area contributed by atoms with Gasteiger partial charge in [0.15, 0.2) is 0 Å². The fourth-order valence-electron chi connectivity index (χ4n) is 2.69. The predicted molar refractivity (Wildman–Crippen MR) is 58.8 cm³/mol. The van der Waals surface area contributed by atoms with Gasteiger partial charge in [0.1, 0.15) is 0 Å². The minimum atomic E-state index is -0.322. The minimum Gasteiger partial charge on any atom is -0.391 e. The molecule has 1 N–H and O–H groups in total. The summed E-state index contributed by atoms with van der Waals surface area (Å²) in [6, 6.07) is 0.0551. The average molecular weight is 232 g/mol. The van der Waals surface area contributed by atoms with Crippen LogP contribution in [0.1, 0.15) is 32.1 Å². The van der Waals surface area contributed by atoms with Gasteiger partial charge in [-0.2, -0.15) is 0 Å². The van der Waals surface area contributed by atoms with Gasteiger partial charge in [-0.05, 0) is 18.8 Å². The van der Waals surface area contributed by atoms with Gasteiger partial charge >= 0.3 is 0 Å². The van der Waals surface area contributed by atoms with Gasteiger partial charge in [0, 0.05) is 18.8 Å². The van der Waals surface area contributed by atoms with E-state index in [1.54, 1.807) is 0 Å². The van der Waals surface area contributed by atoms with Gasteiger partial charge in [-0.25, -0.2) is 0 Å². The van der Waals surface area contributed by atoms with Crippen molar-refractivity contribution in [2.45, 2.75) is 44.2 Å². The highest BCUT2D eigenvalue weighted by molar-refractivity contribution is 6.18. The number of amides is 1. The standard InChI is InChI=1S/C11H18ClNO2/c12-6-8-5-11(15)13(7-8)9-3-1-2-4-10(9)14/h8-10,14H,1-7H2/t8?,9-,10-/m0/s1. The molecule has 1 heterocycles. The molecule has 2 rings (SSSR count). The van der Waals surface area contributed by atoms with E-state index in [2.05, 4.69) is 0 Å². The lowest BCUT2D eigenvalue weighted by Gasteiger charge is -2.35. The van der Waals surface area contributed by atoms with Crippen LogP contribution in [0.15, 0.2) is 0 Å². The Morgan fingerprint density at radius 2 is 2.13 bits per heavy atom. The van der Waals surface area contributed by atoms with E-state index in [0.717, 1.165) is 32.2 Å². The highest BCUT2D eigenvalue weighted by atomic mass is 35.5. The molecule has 3 nitrogen and oxygen atoms in total. The second-order valence-electron chi connectivity index (χ2n) is 4.69. The molecule has 4 heteroatoms. The molecule has 3 atom stereocenters. The summed E-state index contributed by atoms with van der Waals surface area (Å²) >= 11 is 5.77. The maximum absolute atomic E-state index is 11.7. The van der Waals surface area contributed by atoms with Crippen molar-refractivity contribution in [1.82, 2.24) is 4.90 Å². The molecule has 0 aromatic rings. The SMILES string of the molecule is O=C1CC(CCl)CN1[C@H]1CCCC[C@@H]1O. The molecule has 15 heavy (non-hydrogen) atoms. The molecule has 1 saturated carbocycles. The third-order valence-corrected chi connectivity index (χ3v) is 3.99. The number of halogens is 1. The van der Waals surface area contributed by atoms with E-state index in [-0.39, 0.29) is 24.0 Å². The Morgan fingerprint density at radius 1 is 1.40 bits per heavy atom. The molecular formula is C11H18ClNO2. The zero-order chi connectivity index (χ0) is 10.8. The summed E-state index contributed by atoms with van der Waals surface area (Å²) in [5.41, 5.74) is 0. The van der Waals surface area contributed by atoms with E-state index < -0.39 is 0 Å². The molecule has 1 unspecified atom stereocenters. The summed E-state index contributed by atoms with van der Waals surface area (Å²) in [5, 5.41) is 9.88. The van der Waals surface area contributed by atoms with Crippen molar-refractivity contribution in [2.24, 2.45) is 5.92 Å². The Labute approximate surface area is 95.4 Å². The molecule has 1 aliphatic carbocycles. The van der Waals surface area contributed by atoms with Crippen molar-refractivity contribution in [1.29, 1.82) is 0 Å². The number of alkyl halides is 1.